The first-order chi connectivity index (χ1) is 7.97. The molecule has 2 heterocycles. The Labute approximate surface area is 93.1 Å². The Kier molecular flexibility index (Phi) is 2.66. The van der Waals surface area contributed by atoms with Gasteiger partial charge in [-0.15, -0.1) is 0 Å². The molecule has 0 bridgehead atoms. The minimum Gasteiger partial charge on any atom is -0.401 e. The molecule has 17 heavy (non-hydrogen) atoms. The number of carbonyl (C=O) groups is 1. The fourth-order valence-electron chi connectivity index (χ4n) is 1.15. The summed E-state index contributed by atoms with van der Waals surface area (Å²) < 4.78 is 39.9. The molecule has 0 atom stereocenters. The molecule has 0 aromatic carbocycles. The van der Waals surface area contributed by atoms with E-state index < -0.39 is 18.0 Å². The van der Waals surface area contributed by atoms with Crippen molar-refractivity contribution in [2.24, 2.45) is 0 Å². The third kappa shape index (κ3) is 2.49. The fraction of sp³-hybridized carbons (Fsp3) is 0.100. The van der Waals surface area contributed by atoms with Crippen molar-refractivity contribution in [3.05, 3.63) is 30.5 Å². The number of hydrogen-bond donors (Lipinski definition) is 0. The van der Waals surface area contributed by atoms with Crippen LogP contribution in [0, 0.1) is 0 Å². The van der Waals surface area contributed by atoms with Gasteiger partial charge in [0.05, 0.1) is 11.0 Å². The number of hydrogen-bond acceptors (Lipinski definition) is 4. The van der Waals surface area contributed by atoms with Crippen LogP contribution in [0.25, 0.3) is 11.0 Å². The molecule has 0 radical (unpaired) electrons. The lowest BCUT2D eigenvalue weighted by Gasteiger charge is -2.06. The molecule has 0 saturated heterocycles. The van der Waals surface area contributed by atoms with Crippen LogP contribution in [0.5, 0.6) is 5.88 Å². The molecule has 2 rings (SSSR count). The summed E-state index contributed by atoms with van der Waals surface area (Å²) in [5.41, 5.74) is 0.847. The molecule has 0 N–H and O–H groups in total. The van der Waals surface area contributed by atoms with Crippen LogP contribution in [-0.4, -0.2) is 22.1 Å². The molecule has 0 aliphatic heterocycles. The van der Waals surface area contributed by atoms with E-state index in [0.29, 0.717) is 11.0 Å². The van der Waals surface area contributed by atoms with Gasteiger partial charge >= 0.3 is 12.1 Å². The Morgan fingerprint density at radius 2 is 1.94 bits per heavy atom. The van der Waals surface area contributed by atoms with Crippen molar-refractivity contribution in [1.82, 2.24) is 9.97 Å². The molecular formula is C10H5F3N2O2. The second kappa shape index (κ2) is 4.00. The molecule has 0 spiro atoms. The predicted molar refractivity (Wildman–Crippen MR) is 51.2 cm³/mol. The van der Waals surface area contributed by atoms with E-state index >= 15 is 0 Å². The molecule has 4 nitrogen and oxygen atoms in total. The average molecular weight is 242 g/mol. The van der Waals surface area contributed by atoms with Gasteiger partial charge in [0.2, 0.25) is 5.88 Å². The Balaban J connectivity index is 2.29. The Morgan fingerprint density at radius 3 is 2.65 bits per heavy atom. The lowest BCUT2D eigenvalue weighted by Crippen LogP contribution is -2.28. The quantitative estimate of drug-likeness (QED) is 0.718. The van der Waals surface area contributed by atoms with Crippen molar-refractivity contribution in [1.29, 1.82) is 0 Å². The highest BCUT2D eigenvalue weighted by molar-refractivity contribution is 5.79. The highest BCUT2D eigenvalue weighted by atomic mass is 19.4. The Morgan fingerprint density at radius 1 is 1.18 bits per heavy atom. The van der Waals surface area contributed by atoms with Crippen LogP contribution in [0.2, 0.25) is 0 Å². The number of pyridine rings is 2. The van der Waals surface area contributed by atoms with Crippen LogP contribution in [-0.2, 0) is 4.79 Å². The third-order valence-electron chi connectivity index (χ3n) is 1.86. The molecule has 7 heteroatoms. The van der Waals surface area contributed by atoms with E-state index in [1.807, 2.05) is 0 Å². The maximum absolute atomic E-state index is 11.9. The van der Waals surface area contributed by atoms with E-state index in [1.54, 1.807) is 12.1 Å². The van der Waals surface area contributed by atoms with E-state index in [0.717, 1.165) is 6.07 Å². The molecule has 0 unspecified atom stereocenters. The average Bonchev–Trinajstić information content (AvgIpc) is 2.27. The first-order valence-corrected chi connectivity index (χ1v) is 4.47. The van der Waals surface area contributed by atoms with E-state index in [2.05, 4.69) is 14.7 Å². The molecule has 0 aliphatic carbocycles. The van der Waals surface area contributed by atoms with Gasteiger partial charge in [0.15, 0.2) is 0 Å². The molecule has 0 amide bonds. The van der Waals surface area contributed by atoms with Gasteiger partial charge in [0, 0.05) is 12.3 Å². The minimum absolute atomic E-state index is 0.347. The number of carbonyl (C=O) groups excluding carboxylic acids is 1. The number of alkyl halides is 3. The van der Waals surface area contributed by atoms with Crippen molar-refractivity contribution in [3.8, 4) is 5.88 Å². The summed E-state index contributed by atoms with van der Waals surface area (Å²) in [5, 5.41) is 0. The summed E-state index contributed by atoms with van der Waals surface area (Å²) in [6.45, 7) is 0. The second-order valence-corrected chi connectivity index (χ2v) is 3.08. The molecule has 88 valence electrons. The van der Waals surface area contributed by atoms with Crippen molar-refractivity contribution in [2.45, 2.75) is 6.18 Å². The maximum Gasteiger partial charge on any atom is 0.491 e. The first kappa shape index (κ1) is 11.3. The van der Waals surface area contributed by atoms with E-state index in [1.165, 1.54) is 12.3 Å². The summed E-state index contributed by atoms with van der Waals surface area (Å²) in [5.74, 6) is -2.71. The largest absolute Gasteiger partial charge is 0.491 e. The summed E-state index contributed by atoms with van der Waals surface area (Å²) in [6, 6.07) is 5.69. The lowest BCUT2D eigenvalue weighted by molar-refractivity contribution is -0.189. The number of nitrogens with zero attached hydrogens (tertiary/aromatic N) is 2. The van der Waals surface area contributed by atoms with E-state index in [4.69, 9.17) is 0 Å². The molecule has 0 saturated carbocycles. The number of aromatic nitrogens is 2. The Bertz CT molecular complexity index is 569. The molecular weight excluding hydrogens is 237 g/mol. The monoisotopic (exact) mass is 242 g/mol. The molecule has 2 aromatic heterocycles. The van der Waals surface area contributed by atoms with Crippen LogP contribution in [0.4, 0.5) is 13.2 Å². The zero-order valence-corrected chi connectivity index (χ0v) is 8.23. The third-order valence-corrected chi connectivity index (χ3v) is 1.86. The summed E-state index contributed by atoms with van der Waals surface area (Å²) in [4.78, 5) is 18.2. The van der Waals surface area contributed by atoms with Crippen LogP contribution < -0.4 is 4.74 Å². The molecule has 2 aromatic rings. The topological polar surface area (TPSA) is 52.1 Å². The zero-order valence-electron chi connectivity index (χ0n) is 8.23. The van der Waals surface area contributed by atoms with Gasteiger partial charge in [-0.25, -0.2) is 9.78 Å². The van der Waals surface area contributed by atoms with Crippen molar-refractivity contribution < 1.29 is 22.7 Å². The first-order valence-electron chi connectivity index (χ1n) is 4.47. The van der Waals surface area contributed by atoms with Crippen molar-refractivity contribution in [2.75, 3.05) is 0 Å². The van der Waals surface area contributed by atoms with Gasteiger partial charge in [0.25, 0.3) is 0 Å². The zero-order chi connectivity index (χ0) is 12.5. The van der Waals surface area contributed by atoms with Gasteiger partial charge < -0.3 is 4.74 Å². The standard InChI is InChI=1S/C10H5F3N2O2/c11-10(12,13)9(16)17-8-4-3-6-7(15-8)2-1-5-14-6/h1-5H. The van der Waals surface area contributed by atoms with Gasteiger partial charge in [-0.1, -0.05) is 0 Å². The van der Waals surface area contributed by atoms with Gasteiger partial charge in [-0.05, 0) is 18.2 Å². The number of fused-ring (bicyclic) bond motifs is 1. The Hall–Kier alpha value is -2.18. The van der Waals surface area contributed by atoms with Gasteiger partial charge in [0.1, 0.15) is 0 Å². The van der Waals surface area contributed by atoms with E-state index in [9.17, 15) is 18.0 Å². The van der Waals surface area contributed by atoms with Crippen LogP contribution in [0.3, 0.4) is 0 Å². The summed E-state index contributed by atoms with van der Waals surface area (Å²) in [6.07, 6.45) is -3.52. The number of rotatable bonds is 1. The second-order valence-electron chi connectivity index (χ2n) is 3.08. The minimum atomic E-state index is -5.04. The van der Waals surface area contributed by atoms with Crippen LogP contribution >= 0.6 is 0 Å². The van der Waals surface area contributed by atoms with Crippen LogP contribution in [0.15, 0.2) is 30.5 Å². The highest BCUT2D eigenvalue weighted by Crippen LogP contribution is 2.20. The summed E-state index contributed by atoms with van der Waals surface area (Å²) >= 11 is 0. The fourth-order valence-corrected chi connectivity index (χ4v) is 1.15. The SMILES string of the molecule is O=C(Oc1ccc2ncccc2n1)C(F)(F)F. The van der Waals surface area contributed by atoms with Crippen molar-refractivity contribution >= 4 is 17.0 Å². The smallest absolute Gasteiger partial charge is 0.401 e. The normalized spacial score (nSPS) is 11.5. The van der Waals surface area contributed by atoms with Crippen molar-refractivity contribution in [3.63, 3.8) is 0 Å². The number of ether oxygens (including phenoxy) is 1. The van der Waals surface area contributed by atoms with Gasteiger partial charge in [-0.3, -0.25) is 4.98 Å². The number of esters is 1. The predicted octanol–water partition coefficient (Wildman–Crippen LogP) is 2.10. The van der Waals surface area contributed by atoms with E-state index in [-0.39, 0.29) is 0 Å². The highest BCUT2D eigenvalue weighted by Gasteiger charge is 2.41. The summed E-state index contributed by atoms with van der Waals surface area (Å²) in [7, 11) is 0. The lowest BCUT2D eigenvalue weighted by atomic mass is 10.3. The molecule has 0 aliphatic rings. The number of halogens is 3. The van der Waals surface area contributed by atoms with Crippen LogP contribution in [0.1, 0.15) is 0 Å². The maximum atomic E-state index is 11.9. The molecule has 0 fully saturated rings. The van der Waals surface area contributed by atoms with Gasteiger partial charge in [-0.2, -0.15) is 13.2 Å².